The fourth-order valence-electron chi connectivity index (χ4n) is 7.97. The average molecular weight is 615 g/mol. The smallest absolute Gasteiger partial charge is 0.145 e. The highest BCUT2D eigenvalue weighted by molar-refractivity contribution is 5.92. The van der Waals surface area contributed by atoms with E-state index in [1.54, 1.807) is 0 Å². The highest BCUT2D eigenvalue weighted by atomic mass is 15.1. The molecular formula is C46H34N2. The SMILES string of the molecule is CC12C=C(c3ccc(-c4nc5ccccc5n4-c4ccccc4)cc3)C=CC1=C(c1ccccc1)c1ccccc1C2c1ccccc1. The van der Waals surface area contributed by atoms with Crippen molar-refractivity contribution >= 4 is 22.2 Å². The van der Waals surface area contributed by atoms with Crippen molar-refractivity contribution in [2.24, 2.45) is 5.41 Å². The molecule has 0 spiro atoms. The van der Waals surface area contributed by atoms with Crippen LogP contribution in [0.2, 0.25) is 0 Å². The van der Waals surface area contributed by atoms with Gasteiger partial charge in [-0.2, -0.15) is 0 Å². The summed E-state index contributed by atoms with van der Waals surface area (Å²) in [5.74, 6) is 1.11. The molecule has 9 rings (SSSR count). The fourth-order valence-corrected chi connectivity index (χ4v) is 7.97. The van der Waals surface area contributed by atoms with E-state index in [0.717, 1.165) is 28.1 Å². The van der Waals surface area contributed by atoms with Crippen molar-refractivity contribution in [1.29, 1.82) is 0 Å². The Morgan fingerprint density at radius 1 is 0.562 bits per heavy atom. The number of nitrogens with zero attached hydrogens (tertiary/aromatic N) is 2. The summed E-state index contributed by atoms with van der Waals surface area (Å²) in [6, 6.07) is 58.7. The molecule has 6 aromatic carbocycles. The van der Waals surface area contributed by atoms with Gasteiger partial charge in [0.15, 0.2) is 0 Å². The normalized spacial score (nSPS) is 18.4. The summed E-state index contributed by atoms with van der Waals surface area (Å²) in [5.41, 5.74) is 14.4. The molecule has 2 atom stereocenters. The van der Waals surface area contributed by atoms with E-state index in [-0.39, 0.29) is 11.3 Å². The Kier molecular flexibility index (Phi) is 6.69. The molecule has 0 saturated carbocycles. The van der Waals surface area contributed by atoms with Crippen molar-refractivity contribution in [3.63, 3.8) is 0 Å². The molecule has 0 aliphatic heterocycles. The highest BCUT2D eigenvalue weighted by Crippen LogP contribution is 2.58. The van der Waals surface area contributed by atoms with Crippen molar-refractivity contribution in [1.82, 2.24) is 9.55 Å². The minimum Gasteiger partial charge on any atom is -0.292 e. The molecule has 1 heterocycles. The zero-order chi connectivity index (χ0) is 32.1. The maximum absolute atomic E-state index is 5.10. The third-order valence-corrected chi connectivity index (χ3v) is 10.1. The van der Waals surface area contributed by atoms with Gasteiger partial charge >= 0.3 is 0 Å². The van der Waals surface area contributed by atoms with Gasteiger partial charge in [0.1, 0.15) is 5.82 Å². The Balaban J connectivity index is 1.19. The van der Waals surface area contributed by atoms with Gasteiger partial charge in [-0.25, -0.2) is 4.98 Å². The quantitative estimate of drug-likeness (QED) is 0.189. The molecule has 0 N–H and O–H groups in total. The lowest BCUT2D eigenvalue weighted by atomic mass is 9.57. The van der Waals surface area contributed by atoms with Crippen LogP contribution in [0.4, 0.5) is 0 Å². The summed E-state index contributed by atoms with van der Waals surface area (Å²) in [4.78, 5) is 5.10. The van der Waals surface area contributed by atoms with Gasteiger partial charge in [-0.05, 0) is 68.8 Å². The minimum atomic E-state index is -0.273. The molecule has 2 unspecified atom stereocenters. The second-order valence-corrected chi connectivity index (χ2v) is 13.0. The third kappa shape index (κ3) is 4.52. The van der Waals surface area contributed by atoms with E-state index in [2.05, 4.69) is 194 Å². The summed E-state index contributed by atoms with van der Waals surface area (Å²) in [6.45, 7) is 2.43. The monoisotopic (exact) mass is 614 g/mol. The van der Waals surface area contributed by atoms with E-state index in [4.69, 9.17) is 4.98 Å². The van der Waals surface area contributed by atoms with Gasteiger partial charge in [-0.15, -0.1) is 0 Å². The van der Waals surface area contributed by atoms with Crippen molar-refractivity contribution in [3.8, 4) is 17.1 Å². The molecule has 48 heavy (non-hydrogen) atoms. The molecule has 0 fully saturated rings. The molecule has 2 heteroatoms. The van der Waals surface area contributed by atoms with Crippen LogP contribution in [0.1, 0.15) is 40.7 Å². The Morgan fingerprint density at radius 2 is 1.19 bits per heavy atom. The zero-order valence-electron chi connectivity index (χ0n) is 26.8. The average Bonchev–Trinajstić information content (AvgIpc) is 3.54. The molecular weight excluding hydrogens is 581 g/mol. The fraction of sp³-hybridized carbons (Fsp3) is 0.0652. The Bertz CT molecular complexity index is 2380. The molecule has 0 radical (unpaired) electrons. The van der Waals surface area contributed by atoms with Gasteiger partial charge in [0.05, 0.1) is 11.0 Å². The van der Waals surface area contributed by atoms with Crippen molar-refractivity contribution < 1.29 is 0 Å². The third-order valence-electron chi connectivity index (χ3n) is 10.1. The first kappa shape index (κ1) is 28.3. The van der Waals surface area contributed by atoms with E-state index < -0.39 is 0 Å². The lowest BCUT2D eigenvalue weighted by Crippen LogP contribution is -2.33. The van der Waals surface area contributed by atoms with E-state index in [0.29, 0.717) is 0 Å². The van der Waals surface area contributed by atoms with Crippen LogP contribution >= 0.6 is 0 Å². The molecule has 0 bridgehead atoms. The number of hydrogen-bond donors (Lipinski definition) is 0. The van der Waals surface area contributed by atoms with Gasteiger partial charge in [0.25, 0.3) is 0 Å². The lowest BCUT2D eigenvalue weighted by Gasteiger charge is -2.45. The predicted octanol–water partition coefficient (Wildman–Crippen LogP) is 11.3. The van der Waals surface area contributed by atoms with Gasteiger partial charge in [0, 0.05) is 22.6 Å². The largest absolute Gasteiger partial charge is 0.292 e. The summed E-state index contributed by atoms with van der Waals surface area (Å²) in [6.07, 6.45) is 7.21. The van der Waals surface area contributed by atoms with Crippen LogP contribution < -0.4 is 0 Å². The minimum absolute atomic E-state index is 0.169. The lowest BCUT2D eigenvalue weighted by molar-refractivity contribution is 0.450. The highest BCUT2D eigenvalue weighted by Gasteiger charge is 2.44. The molecule has 0 saturated heterocycles. The number of allylic oxidation sites excluding steroid dienone is 5. The van der Waals surface area contributed by atoms with Crippen LogP contribution in [0.3, 0.4) is 0 Å². The molecule has 0 amide bonds. The zero-order valence-corrected chi connectivity index (χ0v) is 26.8. The number of fused-ring (bicyclic) bond motifs is 3. The van der Waals surface area contributed by atoms with E-state index in [1.165, 1.54) is 44.5 Å². The number of para-hydroxylation sites is 3. The van der Waals surface area contributed by atoms with Crippen LogP contribution in [-0.2, 0) is 0 Å². The summed E-state index contributed by atoms with van der Waals surface area (Å²) < 4.78 is 2.26. The molecule has 7 aromatic rings. The van der Waals surface area contributed by atoms with Crippen molar-refractivity contribution in [2.75, 3.05) is 0 Å². The second kappa shape index (κ2) is 11.4. The number of hydrogen-bond acceptors (Lipinski definition) is 1. The molecule has 2 nitrogen and oxygen atoms in total. The number of imidazole rings is 1. The Labute approximate surface area is 281 Å². The Morgan fingerprint density at radius 3 is 1.96 bits per heavy atom. The first-order valence-electron chi connectivity index (χ1n) is 16.7. The maximum atomic E-state index is 5.10. The first-order valence-corrected chi connectivity index (χ1v) is 16.7. The van der Waals surface area contributed by atoms with Crippen molar-refractivity contribution in [2.45, 2.75) is 12.8 Å². The summed E-state index contributed by atoms with van der Waals surface area (Å²) in [5, 5.41) is 0. The van der Waals surface area contributed by atoms with Crippen LogP contribution in [0.15, 0.2) is 188 Å². The topological polar surface area (TPSA) is 17.8 Å². The van der Waals surface area contributed by atoms with Crippen LogP contribution in [0, 0.1) is 5.41 Å². The molecule has 1 aromatic heterocycles. The predicted molar refractivity (Wildman–Crippen MR) is 199 cm³/mol. The molecule has 228 valence electrons. The number of rotatable bonds is 5. The van der Waals surface area contributed by atoms with Crippen LogP contribution in [0.5, 0.6) is 0 Å². The van der Waals surface area contributed by atoms with Gasteiger partial charge in [0.2, 0.25) is 0 Å². The van der Waals surface area contributed by atoms with Crippen LogP contribution in [-0.4, -0.2) is 9.55 Å². The number of benzene rings is 6. The second-order valence-electron chi connectivity index (χ2n) is 13.0. The van der Waals surface area contributed by atoms with E-state index in [1.807, 2.05) is 0 Å². The Hall–Kier alpha value is -5.99. The van der Waals surface area contributed by atoms with E-state index in [9.17, 15) is 0 Å². The van der Waals surface area contributed by atoms with Crippen LogP contribution in [0.25, 0.3) is 39.3 Å². The molecule has 2 aliphatic rings. The molecule has 2 aliphatic carbocycles. The van der Waals surface area contributed by atoms with Gasteiger partial charge in [-0.1, -0.05) is 165 Å². The van der Waals surface area contributed by atoms with Gasteiger partial charge < -0.3 is 0 Å². The standard InChI is InChI=1S/C46H34N2/c1-46-31-36(32-25-27-35(28-26-32)45-47-41-23-13-14-24-42(41)48(45)37-19-9-4-10-20-37)29-30-40(46)43(33-15-5-2-6-16-33)38-21-11-12-22-39(38)44(46)34-17-7-3-8-18-34/h2-31,44H,1H3. The first-order chi connectivity index (χ1) is 23.7. The van der Waals surface area contributed by atoms with E-state index >= 15 is 0 Å². The maximum Gasteiger partial charge on any atom is 0.145 e. The summed E-state index contributed by atoms with van der Waals surface area (Å²) in [7, 11) is 0. The number of aromatic nitrogens is 2. The van der Waals surface area contributed by atoms with Gasteiger partial charge in [-0.3, -0.25) is 4.57 Å². The van der Waals surface area contributed by atoms with Crippen molar-refractivity contribution in [3.05, 3.63) is 215 Å². The summed E-state index contributed by atoms with van der Waals surface area (Å²) >= 11 is 0.